The average Bonchev–Trinajstić information content (AvgIpc) is 2.61. The number of rotatable bonds is 7. The minimum absolute atomic E-state index is 0.203. The van der Waals surface area contributed by atoms with Gasteiger partial charge in [-0.3, -0.25) is 4.79 Å². The summed E-state index contributed by atoms with van der Waals surface area (Å²) < 4.78 is 44.6. The van der Waals surface area contributed by atoms with Crippen LogP contribution in [-0.2, 0) is 15.7 Å². The van der Waals surface area contributed by atoms with Gasteiger partial charge in [-0.25, -0.2) is 0 Å². The first-order valence-electron chi connectivity index (χ1n) is 8.79. The molecule has 1 amide bonds. The van der Waals surface area contributed by atoms with E-state index in [1.807, 2.05) is 4.90 Å². The summed E-state index contributed by atoms with van der Waals surface area (Å²) in [7, 11) is 0. The number of thioether (sulfide) groups is 1. The van der Waals surface area contributed by atoms with E-state index in [2.05, 4.69) is 12.2 Å². The highest BCUT2D eigenvalue weighted by atomic mass is 32.2. The Morgan fingerprint density at radius 3 is 2.65 bits per heavy atom. The molecule has 1 atom stereocenters. The van der Waals surface area contributed by atoms with Crippen LogP contribution in [0, 0.1) is 0 Å². The van der Waals surface area contributed by atoms with Gasteiger partial charge in [-0.1, -0.05) is 13.3 Å². The number of nitrogens with one attached hydrogen (secondary N) is 1. The number of ether oxygens (including phenoxy) is 1. The van der Waals surface area contributed by atoms with Crippen molar-refractivity contribution in [1.82, 2.24) is 0 Å². The van der Waals surface area contributed by atoms with Gasteiger partial charge >= 0.3 is 6.18 Å². The summed E-state index contributed by atoms with van der Waals surface area (Å²) in [6.45, 7) is 6.03. The molecule has 1 aromatic carbocycles. The number of morpholine rings is 1. The molecule has 146 valence electrons. The predicted molar refractivity (Wildman–Crippen MR) is 99.9 cm³/mol. The molecule has 1 fully saturated rings. The maximum Gasteiger partial charge on any atom is 0.416 e. The van der Waals surface area contributed by atoms with Gasteiger partial charge in [-0.2, -0.15) is 13.2 Å². The van der Waals surface area contributed by atoms with Crippen molar-refractivity contribution in [2.24, 2.45) is 0 Å². The lowest BCUT2D eigenvalue weighted by Gasteiger charge is -2.31. The molecule has 2 rings (SSSR count). The minimum atomic E-state index is -4.45. The van der Waals surface area contributed by atoms with E-state index in [4.69, 9.17) is 4.74 Å². The van der Waals surface area contributed by atoms with Crippen LogP contribution in [0.15, 0.2) is 18.2 Å². The fourth-order valence-electron chi connectivity index (χ4n) is 2.61. The van der Waals surface area contributed by atoms with Crippen LogP contribution in [0.2, 0.25) is 0 Å². The van der Waals surface area contributed by atoms with Crippen LogP contribution >= 0.6 is 11.8 Å². The van der Waals surface area contributed by atoms with Crippen molar-refractivity contribution in [1.29, 1.82) is 0 Å². The van der Waals surface area contributed by atoms with Gasteiger partial charge in [0.05, 0.1) is 35.4 Å². The predicted octanol–water partition coefficient (Wildman–Crippen LogP) is 4.40. The van der Waals surface area contributed by atoms with Crippen LogP contribution in [0.3, 0.4) is 0 Å². The van der Waals surface area contributed by atoms with Crippen molar-refractivity contribution in [2.45, 2.75) is 38.1 Å². The van der Waals surface area contributed by atoms with Crippen LogP contribution in [0.25, 0.3) is 0 Å². The van der Waals surface area contributed by atoms with Gasteiger partial charge in [0.25, 0.3) is 0 Å². The molecule has 1 saturated heterocycles. The van der Waals surface area contributed by atoms with Crippen molar-refractivity contribution in [3.05, 3.63) is 23.8 Å². The second-order valence-electron chi connectivity index (χ2n) is 6.18. The Kier molecular flexibility index (Phi) is 7.64. The molecule has 4 nitrogen and oxygen atoms in total. The number of anilines is 2. The number of alkyl halides is 3. The van der Waals surface area contributed by atoms with Gasteiger partial charge in [0.1, 0.15) is 0 Å². The van der Waals surface area contributed by atoms with Gasteiger partial charge in [-0.05, 0) is 37.3 Å². The quantitative estimate of drug-likeness (QED) is 0.701. The third kappa shape index (κ3) is 5.81. The van der Waals surface area contributed by atoms with Crippen molar-refractivity contribution in [3.63, 3.8) is 0 Å². The molecule has 1 heterocycles. The lowest BCUT2D eigenvalue weighted by molar-refractivity contribution is -0.137. The molecule has 1 unspecified atom stereocenters. The SMILES string of the molecule is CCCCSC(C)C(=O)Nc1cc(C(F)(F)F)ccc1N1CCOCC1. The second kappa shape index (κ2) is 9.50. The van der Waals surface area contributed by atoms with Crippen molar-refractivity contribution >= 4 is 29.0 Å². The number of benzene rings is 1. The van der Waals surface area contributed by atoms with E-state index < -0.39 is 11.7 Å². The number of unbranched alkanes of at least 4 members (excludes halogenated alkanes) is 1. The van der Waals surface area contributed by atoms with Gasteiger partial charge in [0.2, 0.25) is 5.91 Å². The van der Waals surface area contributed by atoms with Crippen LogP contribution in [-0.4, -0.2) is 43.2 Å². The second-order valence-corrected chi connectivity index (χ2v) is 7.63. The zero-order chi connectivity index (χ0) is 19.2. The largest absolute Gasteiger partial charge is 0.416 e. The summed E-state index contributed by atoms with van der Waals surface area (Å²) in [5.41, 5.74) is 0.0335. The number of carbonyl (C=O) groups excluding carboxylic acids is 1. The average molecular weight is 390 g/mol. The number of nitrogens with zero attached hydrogens (tertiary/aromatic N) is 1. The maximum absolute atomic E-state index is 13.1. The third-order valence-corrected chi connectivity index (χ3v) is 5.41. The molecule has 0 saturated carbocycles. The van der Waals surface area contributed by atoms with Crippen molar-refractivity contribution in [3.8, 4) is 0 Å². The van der Waals surface area contributed by atoms with E-state index in [9.17, 15) is 18.0 Å². The van der Waals surface area contributed by atoms with Crippen LogP contribution < -0.4 is 10.2 Å². The fraction of sp³-hybridized carbons (Fsp3) is 0.611. The number of hydrogen-bond acceptors (Lipinski definition) is 4. The maximum atomic E-state index is 13.1. The molecule has 1 aliphatic heterocycles. The summed E-state index contributed by atoms with van der Waals surface area (Å²) in [5, 5.41) is 2.38. The number of hydrogen-bond donors (Lipinski definition) is 1. The fourth-order valence-corrected chi connectivity index (χ4v) is 3.63. The lowest BCUT2D eigenvalue weighted by atomic mass is 10.1. The van der Waals surface area contributed by atoms with E-state index >= 15 is 0 Å². The van der Waals surface area contributed by atoms with Gasteiger partial charge < -0.3 is 15.0 Å². The summed E-state index contributed by atoms with van der Waals surface area (Å²) in [6, 6.07) is 3.50. The van der Waals surface area contributed by atoms with E-state index in [-0.39, 0.29) is 16.8 Å². The smallest absolute Gasteiger partial charge is 0.378 e. The Hall–Kier alpha value is -1.41. The van der Waals surface area contributed by atoms with Gasteiger partial charge in [0.15, 0.2) is 0 Å². The Balaban J connectivity index is 2.20. The summed E-state index contributed by atoms with van der Waals surface area (Å²) >= 11 is 1.51. The zero-order valence-corrected chi connectivity index (χ0v) is 15.9. The molecular formula is C18H25F3N2O2S. The van der Waals surface area contributed by atoms with E-state index in [1.54, 1.807) is 6.92 Å². The highest BCUT2D eigenvalue weighted by Gasteiger charge is 2.32. The van der Waals surface area contributed by atoms with E-state index in [0.717, 1.165) is 30.7 Å². The number of carbonyl (C=O) groups is 1. The topological polar surface area (TPSA) is 41.6 Å². The van der Waals surface area contributed by atoms with Crippen LogP contribution in [0.1, 0.15) is 32.3 Å². The summed E-state index contributed by atoms with van der Waals surface area (Å²) in [5.74, 6) is 0.573. The van der Waals surface area contributed by atoms with Gasteiger partial charge in [-0.15, -0.1) is 11.8 Å². The first-order chi connectivity index (χ1) is 12.3. The monoisotopic (exact) mass is 390 g/mol. The molecule has 1 N–H and O–H groups in total. The molecule has 0 bridgehead atoms. The molecule has 1 aliphatic rings. The number of amides is 1. The van der Waals surface area contributed by atoms with Crippen LogP contribution in [0.5, 0.6) is 0 Å². The summed E-state index contributed by atoms with van der Waals surface area (Å²) in [4.78, 5) is 14.4. The van der Waals surface area contributed by atoms with Crippen molar-refractivity contribution in [2.75, 3.05) is 42.3 Å². The molecule has 0 aromatic heterocycles. The molecule has 1 aromatic rings. The molecule has 8 heteroatoms. The Bertz CT molecular complexity index is 605. The summed E-state index contributed by atoms with van der Waals surface area (Å²) in [6.07, 6.45) is -2.41. The van der Waals surface area contributed by atoms with E-state index in [1.165, 1.54) is 17.8 Å². The molecule has 0 aliphatic carbocycles. The standard InChI is InChI=1S/C18H25F3N2O2S/c1-3-4-11-26-13(2)17(24)22-15-12-14(18(19,20)21)5-6-16(15)23-7-9-25-10-8-23/h5-6,12-13H,3-4,7-11H2,1-2H3,(H,22,24). The first kappa shape index (κ1) is 20.9. The molecule has 26 heavy (non-hydrogen) atoms. The normalized spacial score (nSPS) is 16.4. The lowest BCUT2D eigenvalue weighted by Crippen LogP contribution is -2.37. The van der Waals surface area contributed by atoms with E-state index in [0.29, 0.717) is 32.0 Å². The molecular weight excluding hydrogens is 365 g/mol. The number of halogens is 3. The molecule has 0 spiro atoms. The Morgan fingerprint density at radius 1 is 1.35 bits per heavy atom. The van der Waals surface area contributed by atoms with Crippen molar-refractivity contribution < 1.29 is 22.7 Å². The Morgan fingerprint density at radius 2 is 2.04 bits per heavy atom. The zero-order valence-electron chi connectivity index (χ0n) is 15.1. The highest BCUT2D eigenvalue weighted by Crippen LogP contribution is 2.36. The van der Waals surface area contributed by atoms with Gasteiger partial charge in [0, 0.05) is 13.1 Å². The first-order valence-corrected chi connectivity index (χ1v) is 9.84. The minimum Gasteiger partial charge on any atom is -0.378 e. The Labute approximate surface area is 156 Å². The van der Waals surface area contributed by atoms with Crippen LogP contribution in [0.4, 0.5) is 24.5 Å². The highest BCUT2D eigenvalue weighted by molar-refractivity contribution is 8.00. The third-order valence-electron chi connectivity index (χ3n) is 4.17. The molecule has 0 radical (unpaired) electrons.